The quantitative estimate of drug-likeness (QED) is 0.451. The minimum Gasteiger partial charge on any atom is -0.326 e. The topological polar surface area (TPSA) is 83.8 Å². The molecule has 0 N–H and O–H groups in total. The summed E-state index contributed by atoms with van der Waals surface area (Å²) in [6.07, 6.45) is 1.56. The van der Waals surface area contributed by atoms with Crippen LogP contribution in [0.5, 0.6) is 0 Å². The van der Waals surface area contributed by atoms with Gasteiger partial charge in [-0.15, -0.1) is 0 Å². The van der Waals surface area contributed by atoms with E-state index < -0.39 is 16.4 Å². The number of amides is 2. The van der Waals surface area contributed by atoms with Gasteiger partial charge in [0.2, 0.25) is 0 Å². The zero-order chi connectivity index (χ0) is 21.3. The summed E-state index contributed by atoms with van der Waals surface area (Å²) >= 11 is 0. The monoisotopic (exact) mass is 397 g/mol. The van der Waals surface area contributed by atoms with E-state index in [4.69, 9.17) is 0 Å². The Bertz CT molecular complexity index is 1020. The molecule has 1 aliphatic rings. The number of nitro benzene ring substituents is 1. The Morgan fingerprint density at radius 1 is 1.10 bits per heavy atom. The van der Waals surface area contributed by atoms with Crippen molar-refractivity contribution >= 4 is 23.6 Å². The number of hydrogen-bond acceptors (Lipinski definition) is 4. The molecule has 0 aliphatic carbocycles. The predicted molar refractivity (Wildman–Crippen MR) is 105 cm³/mol. The van der Waals surface area contributed by atoms with Gasteiger partial charge in [-0.25, -0.2) is 4.39 Å². The number of nitro groups is 1. The third kappa shape index (κ3) is 3.61. The molecule has 2 amide bonds. The van der Waals surface area contributed by atoms with Gasteiger partial charge in [0.15, 0.2) is 0 Å². The van der Waals surface area contributed by atoms with Crippen molar-refractivity contribution in [3.8, 4) is 0 Å². The van der Waals surface area contributed by atoms with Crippen LogP contribution in [-0.2, 0) is 16.0 Å². The molecule has 1 atom stereocenters. The molecule has 7 nitrogen and oxygen atoms in total. The fourth-order valence-electron chi connectivity index (χ4n) is 3.43. The van der Waals surface area contributed by atoms with Crippen LogP contribution in [0.15, 0.2) is 54.2 Å². The number of nitrogens with zero attached hydrogens (tertiary/aromatic N) is 3. The maximum absolute atomic E-state index is 13.2. The van der Waals surface area contributed by atoms with Gasteiger partial charge < -0.3 is 9.80 Å². The average molecular weight is 397 g/mol. The largest absolute Gasteiger partial charge is 0.326 e. The Labute approximate surface area is 167 Å². The van der Waals surface area contributed by atoms with Gasteiger partial charge in [-0.05, 0) is 36.8 Å². The van der Waals surface area contributed by atoms with Crippen LogP contribution in [-0.4, -0.2) is 46.2 Å². The van der Waals surface area contributed by atoms with Gasteiger partial charge in [-0.3, -0.25) is 19.7 Å². The Balaban J connectivity index is 1.99. The van der Waals surface area contributed by atoms with Crippen LogP contribution in [0.3, 0.4) is 0 Å². The van der Waals surface area contributed by atoms with E-state index in [0.29, 0.717) is 5.56 Å². The molecule has 1 aliphatic heterocycles. The van der Waals surface area contributed by atoms with Crippen LogP contribution >= 0.6 is 0 Å². The molecule has 1 unspecified atom stereocenters. The number of hydrogen-bond donors (Lipinski definition) is 0. The lowest BCUT2D eigenvalue weighted by Gasteiger charge is -2.45. The van der Waals surface area contributed by atoms with Crippen LogP contribution in [0.25, 0.3) is 6.08 Å². The highest BCUT2D eigenvalue weighted by molar-refractivity contribution is 6.09. The molecule has 3 rings (SSSR count). The summed E-state index contributed by atoms with van der Waals surface area (Å²) in [6.45, 7) is 1.65. The SMILES string of the molecule is CN1C(=O)C(C)(Cc2ccc(F)cc2)N(C)C(=O)C1=Cc1ccccc1[N+](=O)[O-]. The second-order valence-corrected chi connectivity index (χ2v) is 7.15. The zero-order valence-corrected chi connectivity index (χ0v) is 16.3. The standard InChI is InChI=1S/C21H20FN3O4/c1-21(13-14-8-10-16(22)11-9-14)20(27)23(2)18(19(26)24(21)3)12-15-6-4-5-7-17(15)25(28)29/h4-12H,13H2,1-3H3. The molecule has 150 valence electrons. The molecule has 1 saturated heterocycles. The van der Waals surface area contributed by atoms with Crippen LogP contribution < -0.4 is 0 Å². The first-order chi connectivity index (χ1) is 13.6. The van der Waals surface area contributed by atoms with Crippen molar-refractivity contribution in [3.05, 3.63) is 81.3 Å². The summed E-state index contributed by atoms with van der Waals surface area (Å²) in [6, 6.07) is 11.8. The molecule has 0 aromatic heterocycles. The summed E-state index contributed by atoms with van der Waals surface area (Å²) in [5, 5.41) is 11.3. The highest BCUT2D eigenvalue weighted by Crippen LogP contribution is 2.32. The van der Waals surface area contributed by atoms with Crippen molar-refractivity contribution in [2.75, 3.05) is 14.1 Å². The van der Waals surface area contributed by atoms with E-state index >= 15 is 0 Å². The normalized spacial score (nSPS) is 21.0. The third-order valence-corrected chi connectivity index (χ3v) is 5.28. The second-order valence-electron chi connectivity index (χ2n) is 7.15. The van der Waals surface area contributed by atoms with Crippen molar-refractivity contribution in [2.45, 2.75) is 18.9 Å². The van der Waals surface area contributed by atoms with E-state index in [9.17, 15) is 24.1 Å². The van der Waals surface area contributed by atoms with Crippen molar-refractivity contribution in [1.29, 1.82) is 0 Å². The summed E-state index contributed by atoms with van der Waals surface area (Å²) in [4.78, 5) is 39.5. The number of likely N-dealkylation sites (N-methyl/N-ethyl adjacent to an activating group) is 2. The van der Waals surface area contributed by atoms with Crippen LogP contribution in [0.4, 0.5) is 10.1 Å². The molecule has 2 aromatic rings. The van der Waals surface area contributed by atoms with E-state index in [1.807, 2.05) is 0 Å². The van der Waals surface area contributed by atoms with Crippen LogP contribution in [0.2, 0.25) is 0 Å². The lowest BCUT2D eigenvalue weighted by Crippen LogP contribution is -2.64. The summed E-state index contributed by atoms with van der Waals surface area (Å²) < 4.78 is 13.2. The van der Waals surface area contributed by atoms with Crippen LogP contribution in [0.1, 0.15) is 18.1 Å². The van der Waals surface area contributed by atoms with Gasteiger partial charge in [-0.1, -0.05) is 24.3 Å². The predicted octanol–water partition coefficient (Wildman–Crippen LogP) is 3.01. The third-order valence-electron chi connectivity index (χ3n) is 5.28. The first-order valence-corrected chi connectivity index (χ1v) is 8.91. The number of halogens is 1. The lowest BCUT2D eigenvalue weighted by atomic mass is 9.87. The highest BCUT2D eigenvalue weighted by atomic mass is 19.1. The van der Waals surface area contributed by atoms with Gasteiger partial charge in [0.1, 0.15) is 17.1 Å². The van der Waals surface area contributed by atoms with E-state index in [0.717, 1.165) is 0 Å². The maximum atomic E-state index is 13.2. The first-order valence-electron chi connectivity index (χ1n) is 8.91. The molecule has 29 heavy (non-hydrogen) atoms. The van der Waals surface area contributed by atoms with Crippen molar-refractivity contribution in [3.63, 3.8) is 0 Å². The Morgan fingerprint density at radius 3 is 2.34 bits per heavy atom. The smallest absolute Gasteiger partial charge is 0.276 e. The molecule has 0 saturated carbocycles. The Morgan fingerprint density at radius 2 is 1.72 bits per heavy atom. The van der Waals surface area contributed by atoms with Crippen LogP contribution in [0, 0.1) is 15.9 Å². The van der Waals surface area contributed by atoms with Crippen molar-refractivity contribution in [2.24, 2.45) is 0 Å². The average Bonchev–Trinajstić information content (AvgIpc) is 2.70. The molecule has 8 heteroatoms. The maximum Gasteiger partial charge on any atom is 0.276 e. The fourth-order valence-corrected chi connectivity index (χ4v) is 3.43. The molecule has 1 heterocycles. The summed E-state index contributed by atoms with van der Waals surface area (Å²) in [7, 11) is 2.99. The molecular weight excluding hydrogens is 377 g/mol. The van der Waals surface area contributed by atoms with Crippen molar-refractivity contribution in [1.82, 2.24) is 9.80 Å². The van der Waals surface area contributed by atoms with Gasteiger partial charge in [0.05, 0.1) is 10.5 Å². The number of carbonyl (C=O) groups excluding carboxylic acids is 2. The van der Waals surface area contributed by atoms with Gasteiger partial charge >= 0.3 is 0 Å². The van der Waals surface area contributed by atoms with E-state index in [1.54, 1.807) is 25.1 Å². The Hall–Kier alpha value is -3.55. The highest BCUT2D eigenvalue weighted by Gasteiger charge is 2.48. The fraction of sp³-hybridized carbons (Fsp3) is 0.238. The molecule has 1 fully saturated rings. The van der Waals surface area contributed by atoms with E-state index in [1.165, 1.54) is 60.3 Å². The summed E-state index contributed by atoms with van der Waals surface area (Å²) in [5.41, 5.74) is -0.347. The van der Waals surface area contributed by atoms with Crippen molar-refractivity contribution < 1.29 is 18.9 Å². The van der Waals surface area contributed by atoms with E-state index in [2.05, 4.69) is 0 Å². The molecule has 0 bridgehead atoms. The lowest BCUT2D eigenvalue weighted by molar-refractivity contribution is -0.385. The summed E-state index contributed by atoms with van der Waals surface area (Å²) in [5.74, 6) is -1.16. The first kappa shape index (κ1) is 20.2. The molecular formula is C21H20FN3O4. The number of carbonyl (C=O) groups is 2. The number of benzene rings is 2. The van der Waals surface area contributed by atoms with E-state index in [-0.39, 0.29) is 35.1 Å². The van der Waals surface area contributed by atoms with Gasteiger partial charge in [-0.2, -0.15) is 0 Å². The minimum atomic E-state index is -1.18. The second kappa shape index (κ2) is 7.46. The zero-order valence-electron chi connectivity index (χ0n) is 16.3. The molecule has 2 aromatic carbocycles. The minimum absolute atomic E-state index is 0.0448. The number of rotatable bonds is 4. The molecule has 0 radical (unpaired) electrons. The van der Waals surface area contributed by atoms with Gasteiger partial charge in [0.25, 0.3) is 17.5 Å². The number of piperazine rings is 1. The number of para-hydroxylation sites is 1. The Kier molecular flexibility index (Phi) is 5.19. The van der Waals surface area contributed by atoms with Gasteiger partial charge in [0, 0.05) is 26.6 Å². The molecule has 0 spiro atoms.